The zero-order chi connectivity index (χ0) is 18.8. The van der Waals surface area contributed by atoms with Crippen LogP contribution < -0.4 is 15.5 Å². The summed E-state index contributed by atoms with van der Waals surface area (Å²) in [5, 5.41) is 4.23. The van der Waals surface area contributed by atoms with Crippen LogP contribution in [0.2, 0.25) is 0 Å². The first-order valence-electron chi connectivity index (χ1n) is 8.31. The molecule has 0 aromatic heterocycles. The summed E-state index contributed by atoms with van der Waals surface area (Å²) in [6.45, 7) is 3.71. The fourth-order valence-electron chi connectivity index (χ4n) is 4.50. The molecule has 0 radical (unpaired) electrons. The number of hydrogen-bond donors (Lipinski definition) is 2. The van der Waals surface area contributed by atoms with Crippen LogP contribution >= 0.6 is 0 Å². The van der Waals surface area contributed by atoms with Gasteiger partial charge in [-0.15, -0.1) is 0 Å². The average Bonchev–Trinajstić information content (AvgIpc) is 2.50. The number of hydrogen-bond acceptors (Lipinski definition) is 5. The summed E-state index contributed by atoms with van der Waals surface area (Å²) in [4.78, 5) is 38.7. The molecule has 2 saturated heterocycles. The number of barbiturate groups is 1. The third-order valence-corrected chi connectivity index (χ3v) is 5.31. The van der Waals surface area contributed by atoms with E-state index in [-0.39, 0.29) is 30.3 Å². The van der Waals surface area contributed by atoms with E-state index < -0.39 is 47.0 Å². The van der Waals surface area contributed by atoms with E-state index in [0.29, 0.717) is 0 Å². The molecular formula is C17H17F2N3O4. The Morgan fingerprint density at radius 1 is 1.15 bits per heavy atom. The van der Waals surface area contributed by atoms with Gasteiger partial charge in [-0.2, -0.15) is 0 Å². The van der Waals surface area contributed by atoms with Gasteiger partial charge in [-0.25, -0.2) is 13.6 Å². The predicted molar refractivity (Wildman–Crippen MR) is 85.3 cm³/mol. The van der Waals surface area contributed by atoms with Crippen molar-refractivity contribution in [3.8, 4) is 0 Å². The maximum atomic E-state index is 14.6. The van der Waals surface area contributed by atoms with Crippen molar-refractivity contribution in [2.75, 3.05) is 11.4 Å². The van der Waals surface area contributed by atoms with E-state index in [1.165, 1.54) is 0 Å². The molecular weight excluding hydrogens is 348 g/mol. The lowest BCUT2D eigenvalue weighted by Gasteiger charge is -2.55. The lowest BCUT2D eigenvalue weighted by atomic mass is 9.66. The lowest BCUT2D eigenvalue weighted by Crippen LogP contribution is -2.75. The molecule has 0 aliphatic carbocycles. The first kappa shape index (κ1) is 16.9. The Hall–Kier alpha value is -2.55. The third kappa shape index (κ3) is 2.16. The van der Waals surface area contributed by atoms with Crippen LogP contribution in [-0.4, -0.2) is 42.6 Å². The minimum Gasteiger partial charge on any atom is -0.372 e. The molecule has 0 saturated carbocycles. The number of ether oxygens (including phenoxy) is 1. The van der Waals surface area contributed by atoms with E-state index >= 15 is 0 Å². The minimum absolute atomic E-state index is 0.168. The Labute approximate surface area is 147 Å². The number of morpholine rings is 1. The summed E-state index contributed by atoms with van der Waals surface area (Å²) >= 11 is 0. The van der Waals surface area contributed by atoms with Gasteiger partial charge in [0, 0.05) is 19.0 Å². The molecule has 7 nitrogen and oxygen atoms in total. The van der Waals surface area contributed by atoms with Gasteiger partial charge in [0.05, 0.1) is 23.9 Å². The van der Waals surface area contributed by atoms with Crippen molar-refractivity contribution in [2.24, 2.45) is 5.41 Å². The van der Waals surface area contributed by atoms with Crippen LogP contribution in [-0.2, 0) is 20.7 Å². The number of rotatable bonds is 0. The lowest BCUT2D eigenvalue weighted by molar-refractivity contribution is -0.153. The van der Waals surface area contributed by atoms with E-state index in [1.54, 1.807) is 18.7 Å². The molecule has 26 heavy (non-hydrogen) atoms. The molecule has 3 aliphatic rings. The molecule has 138 valence electrons. The number of nitrogens with one attached hydrogen (secondary N) is 2. The third-order valence-electron chi connectivity index (χ3n) is 5.31. The number of imide groups is 2. The summed E-state index contributed by atoms with van der Waals surface area (Å²) in [5.74, 6) is -3.13. The van der Waals surface area contributed by atoms with Crippen LogP contribution in [0.3, 0.4) is 0 Å². The van der Waals surface area contributed by atoms with Crippen LogP contribution in [0.15, 0.2) is 12.1 Å². The Bertz CT molecular complexity index is 824. The summed E-state index contributed by atoms with van der Waals surface area (Å²) in [6, 6.07) is 0.159. The van der Waals surface area contributed by atoms with Crippen molar-refractivity contribution in [3.63, 3.8) is 0 Å². The SMILES string of the molecule is C[C@@H]1CN2c3c(F)cc(F)cc3CC3(C(=O)NC(=O)NC3=O)[C@H]2[C@H](C)O1. The number of urea groups is 1. The molecule has 2 N–H and O–H groups in total. The maximum Gasteiger partial charge on any atom is 0.328 e. The number of amides is 4. The Morgan fingerprint density at radius 3 is 2.46 bits per heavy atom. The number of benzene rings is 1. The van der Waals surface area contributed by atoms with E-state index in [2.05, 4.69) is 10.6 Å². The highest BCUT2D eigenvalue weighted by Crippen LogP contribution is 2.47. The molecule has 3 aliphatic heterocycles. The van der Waals surface area contributed by atoms with Crippen molar-refractivity contribution in [1.82, 2.24) is 10.6 Å². The monoisotopic (exact) mass is 365 g/mol. The average molecular weight is 365 g/mol. The van der Waals surface area contributed by atoms with Gasteiger partial charge in [-0.05, 0) is 25.5 Å². The first-order chi connectivity index (χ1) is 12.2. The molecule has 1 spiro atoms. The highest BCUT2D eigenvalue weighted by molar-refractivity contribution is 6.20. The summed E-state index contributed by atoms with van der Waals surface area (Å²) in [6.07, 6.45) is -1.11. The second-order valence-electron chi connectivity index (χ2n) is 7.03. The van der Waals surface area contributed by atoms with Crippen molar-refractivity contribution in [1.29, 1.82) is 0 Å². The Kier molecular flexibility index (Phi) is 3.56. The zero-order valence-corrected chi connectivity index (χ0v) is 14.1. The summed E-state index contributed by atoms with van der Waals surface area (Å²) in [5.41, 5.74) is -1.35. The smallest absolute Gasteiger partial charge is 0.328 e. The molecule has 0 bridgehead atoms. The van der Waals surface area contributed by atoms with Crippen LogP contribution in [0.1, 0.15) is 19.4 Å². The maximum absolute atomic E-state index is 14.6. The Balaban J connectivity index is 1.95. The van der Waals surface area contributed by atoms with Crippen LogP contribution in [0, 0.1) is 17.0 Å². The summed E-state index contributed by atoms with van der Waals surface area (Å²) < 4.78 is 34.2. The number of nitrogens with zero attached hydrogens (tertiary/aromatic N) is 1. The van der Waals surface area contributed by atoms with E-state index in [9.17, 15) is 23.2 Å². The van der Waals surface area contributed by atoms with Gasteiger partial charge in [-0.1, -0.05) is 0 Å². The van der Waals surface area contributed by atoms with E-state index in [0.717, 1.165) is 12.1 Å². The highest BCUT2D eigenvalue weighted by atomic mass is 19.1. The van der Waals surface area contributed by atoms with E-state index in [1.807, 2.05) is 0 Å². The predicted octanol–water partition coefficient (Wildman–Crippen LogP) is 0.856. The van der Waals surface area contributed by atoms with Crippen LogP contribution in [0.5, 0.6) is 0 Å². The zero-order valence-electron chi connectivity index (χ0n) is 14.1. The second-order valence-corrected chi connectivity index (χ2v) is 7.03. The van der Waals surface area contributed by atoms with Crippen molar-refractivity contribution in [2.45, 2.75) is 38.5 Å². The molecule has 3 atom stereocenters. The molecule has 4 amide bonds. The molecule has 2 fully saturated rings. The topological polar surface area (TPSA) is 87.7 Å². The summed E-state index contributed by atoms with van der Waals surface area (Å²) in [7, 11) is 0. The fraction of sp³-hybridized carbons (Fsp3) is 0.471. The molecule has 9 heteroatoms. The van der Waals surface area contributed by atoms with E-state index in [4.69, 9.17) is 4.74 Å². The number of anilines is 1. The minimum atomic E-state index is -1.72. The van der Waals surface area contributed by atoms with Crippen molar-refractivity contribution < 1.29 is 27.9 Å². The number of carbonyl (C=O) groups excluding carboxylic acids is 3. The van der Waals surface area contributed by atoms with Gasteiger partial charge in [-0.3, -0.25) is 20.2 Å². The molecule has 0 unspecified atom stereocenters. The highest BCUT2D eigenvalue weighted by Gasteiger charge is 2.63. The number of carbonyl (C=O) groups is 3. The quantitative estimate of drug-likeness (QED) is 0.666. The fourth-order valence-corrected chi connectivity index (χ4v) is 4.50. The molecule has 3 heterocycles. The Morgan fingerprint density at radius 2 is 1.81 bits per heavy atom. The number of halogens is 2. The largest absolute Gasteiger partial charge is 0.372 e. The van der Waals surface area contributed by atoms with Gasteiger partial charge in [0.1, 0.15) is 11.6 Å². The standard InChI is InChI=1S/C17H17F2N3O4/c1-7-6-22-12-9(3-10(18)4-11(12)19)5-17(13(22)8(2)26-7)14(23)20-16(25)21-15(17)24/h3-4,7-8,13H,5-6H2,1-2H3,(H2,20,21,23,24,25)/t7-,8+,13-/m1/s1. The van der Waals surface area contributed by atoms with Gasteiger partial charge in [0.15, 0.2) is 5.41 Å². The van der Waals surface area contributed by atoms with Crippen molar-refractivity contribution >= 4 is 23.5 Å². The molecule has 4 rings (SSSR count). The number of fused-ring (bicyclic) bond motifs is 4. The first-order valence-corrected chi connectivity index (χ1v) is 8.31. The van der Waals surface area contributed by atoms with Crippen molar-refractivity contribution in [3.05, 3.63) is 29.3 Å². The van der Waals surface area contributed by atoms with Gasteiger partial charge >= 0.3 is 6.03 Å². The van der Waals surface area contributed by atoms with Crippen LogP contribution in [0.4, 0.5) is 19.3 Å². The molecule has 1 aromatic rings. The van der Waals surface area contributed by atoms with Gasteiger partial charge in [0.25, 0.3) is 0 Å². The second kappa shape index (κ2) is 5.47. The van der Waals surface area contributed by atoms with Gasteiger partial charge in [0.2, 0.25) is 11.8 Å². The van der Waals surface area contributed by atoms with Gasteiger partial charge < -0.3 is 9.64 Å². The normalized spacial score (nSPS) is 29.8. The molecule has 1 aromatic carbocycles. The van der Waals surface area contributed by atoms with Crippen LogP contribution in [0.25, 0.3) is 0 Å².